The van der Waals surface area contributed by atoms with Crippen LogP contribution < -0.4 is 34.4 Å². The van der Waals surface area contributed by atoms with Crippen LogP contribution in [0.1, 0.15) is 6.42 Å². The van der Waals surface area contributed by atoms with Gasteiger partial charge < -0.3 is 98.6 Å². The number of nitrogens with two attached hydrogens (primary N) is 6. The van der Waals surface area contributed by atoms with Crippen molar-refractivity contribution in [3.63, 3.8) is 0 Å². The zero-order valence-electron chi connectivity index (χ0n) is 22.1. The summed E-state index contributed by atoms with van der Waals surface area (Å²) in [5.41, 5.74) is 35.6. The second-order valence-electron chi connectivity index (χ2n) is 10.9. The van der Waals surface area contributed by atoms with E-state index in [-0.39, 0.29) is 13.0 Å². The van der Waals surface area contributed by atoms with Crippen LogP contribution in [-0.4, -0.2) is 165 Å². The standard InChI is InChI=1S/C22H44N6O13/c23-2-6-11(31)12(32)8(26)20(36-6)38-16-5(25)1-4(24)10(30)18(16)40-22-15(35)17(7(3-29)37-22)39-21-9(27)13(33)14(34)19(28)41-21/h4-22,29-35H,1-3,23-28H2/t4-,5+,6-,7-,8-,9-,10+,11-,12-,13-,14+,15-,16-,17-,18-,19+,20-,21?,22+/m1/s1. The quantitative estimate of drug-likeness (QED) is 0.123. The lowest BCUT2D eigenvalue weighted by Crippen LogP contribution is -2.68. The topological polar surface area (TPSA) is 353 Å². The van der Waals surface area contributed by atoms with Gasteiger partial charge in [0.2, 0.25) is 0 Å². The van der Waals surface area contributed by atoms with Crippen molar-refractivity contribution in [1.29, 1.82) is 0 Å². The van der Waals surface area contributed by atoms with E-state index in [4.69, 9.17) is 62.8 Å². The molecule has 1 unspecified atom stereocenters. The van der Waals surface area contributed by atoms with Gasteiger partial charge in [0, 0.05) is 18.6 Å². The molecular formula is C22H44N6O13. The molecule has 4 aliphatic rings. The van der Waals surface area contributed by atoms with Gasteiger partial charge in [0.05, 0.1) is 24.8 Å². The molecule has 240 valence electrons. The molecule has 4 fully saturated rings. The normalized spacial score (nSPS) is 54.8. The minimum Gasteiger partial charge on any atom is -0.394 e. The molecule has 19 nitrogen and oxygen atoms in total. The lowest BCUT2D eigenvalue weighted by Gasteiger charge is -2.47. The Morgan fingerprint density at radius 2 is 1.10 bits per heavy atom. The predicted molar refractivity (Wildman–Crippen MR) is 133 cm³/mol. The highest BCUT2D eigenvalue weighted by Gasteiger charge is 2.54. The van der Waals surface area contributed by atoms with Crippen LogP contribution in [0.4, 0.5) is 0 Å². The van der Waals surface area contributed by atoms with E-state index in [1.807, 2.05) is 0 Å². The average Bonchev–Trinajstić information content (AvgIpc) is 3.24. The fraction of sp³-hybridized carbons (Fsp3) is 1.00. The van der Waals surface area contributed by atoms with Crippen molar-refractivity contribution in [2.75, 3.05) is 13.2 Å². The van der Waals surface area contributed by atoms with E-state index in [2.05, 4.69) is 0 Å². The zero-order valence-corrected chi connectivity index (χ0v) is 22.1. The number of aliphatic hydroxyl groups is 7. The largest absolute Gasteiger partial charge is 0.394 e. The molecule has 0 spiro atoms. The summed E-state index contributed by atoms with van der Waals surface area (Å²) in [6.45, 7) is -0.811. The van der Waals surface area contributed by atoms with Crippen LogP contribution in [-0.2, 0) is 28.4 Å². The Bertz CT molecular complexity index is 854. The molecule has 0 aromatic rings. The van der Waals surface area contributed by atoms with Gasteiger partial charge in [-0.05, 0) is 6.42 Å². The average molecular weight is 601 g/mol. The monoisotopic (exact) mass is 600 g/mol. The molecule has 4 rings (SSSR count). The van der Waals surface area contributed by atoms with Crippen LogP contribution in [0.3, 0.4) is 0 Å². The summed E-state index contributed by atoms with van der Waals surface area (Å²) >= 11 is 0. The van der Waals surface area contributed by atoms with Crippen LogP contribution >= 0.6 is 0 Å². The molecular weight excluding hydrogens is 556 g/mol. The maximum absolute atomic E-state index is 11.0. The summed E-state index contributed by atoms with van der Waals surface area (Å²) < 4.78 is 34.2. The molecule has 0 radical (unpaired) electrons. The Morgan fingerprint density at radius 1 is 0.561 bits per heavy atom. The number of hydrogen-bond donors (Lipinski definition) is 13. The Hall–Kier alpha value is -0.760. The first-order chi connectivity index (χ1) is 19.3. The minimum atomic E-state index is -1.61. The zero-order chi connectivity index (χ0) is 30.3. The number of rotatable bonds is 8. The van der Waals surface area contributed by atoms with Crippen LogP contribution in [0.5, 0.6) is 0 Å². The molecule has 41 heavy (non-hydrogen) atoms. The smallest absolute Gasteiger partial charge is 0.187 e. The van der Waals surface area contributed by atoms with E-state index in [1.54, 1.807) is 0 Å². The van der Waals surface area contributed by atoms with Crippen LogP contribution in [0.15, 0.2) is 0 Å². The highest BCUT2D eigenvalue weighted by atomic mass is 16.8. The lowest BCUT2D eigenvalue weighted by atomic mass is 9.84. The van der Waals surface area contributed by atoms with Gasteiger partial charge in [-0.25, -0.2) is 0 Å². The van der Waals surface area contributed by atoms with Crippen LogP contribution in [0, 0.1) is 0 Å². The molecule has 19 atom stereocenters. The third kappa shape index (κ3) is 6.54. The molecule has 19 N–H and O–H groups in total. The number of aliphatic hydroxyl groups excluding tert-OH is 7. The van der Waals surface area contributed by atoms with Crippen LogP contribution in [0.2, 0.25) is 0 Å². The molecule has 19 heteroatoms. The van der Waals surface area contributed by atoms with Crippen molar-refractivity contribution in [1.82, 2.24) is 0 Å². The minimum absolute atomic E-state index is 0.0869. The van der Waals surface area contributed by atoms with Gasteiger partial charge in [0.1, 0.15) is 67.3 Å². The Kier molecular flexibility index (Phi) is 10.9. The number of hydrogen-bond acceptors (Lipinski definition) is 19. The molecule has 1 saturated carbocycles. The van der Waals surface area contributed by atoms with Crippen molar-refractivity contribution in [2.45, 2.75) is 123 Å². The lowest BCUT2D eigenvalue weighted by molar-refractivity contribution is -0.307. The van der Waals surface area contributed by atoms with E-state index in [1.165, 1.54) is 0 Å². The molecule has 0 aromatic carbocycles. The van der Waals surface area contributed by atoms with Gasteiger partial charge >= 0.3 is 0 Å². The summed E-state index contributed by atoms with van der Waals surface area (Å²) in [5, 5.41) is 72.4. The second-order valence-corrected chi connectivity index (χ2v) is 10.9. The van der Waals surface area contributed by atoms with Crippen molar-refractivity contribution in [3.8, 4) is 0 Å². The molecule has 3 heterocycles. The second kappa shape index (κ2) is 13.5. The molecule has 3 saturated heterocycles. The Balaban J connectivity index is 1.49. The first-order valence-corrected chi connectivity index (χ1v) is 13.4. The highest BCUT2D eigenvalue weighted by molar-refractivity contribution is 5.02. The maximum Gasteiger partial charge on any atom is 0.187 e. The van der Waals surface area contributed by atoms with E-state index in [0.717, 1.165) is 0 Å². The fourth-order valence-corrected chi connectivity index (χ4v) is 5.50. The summed E-state index contributed by atoms with van der Waals surface area (Å²) in [7, 11) is 0. The van der Waals surface area contributed by atoms with E-state index < -0.39 is 123 Å². The maximum atomic E-state index is 11.0. The first kappa shape index (κ1) is 33.1. The molecule has 0 bridgehead atoms. The van der Waals surface area contributed by atoms with Crippen molar-refractivity contribution in [3.05, 3.63) is 0 Å². The van der Waals surface area contributed by atoms with Crippen molar-refractivity contribution in [2.24, 2.45) is 34.4 Å². The SMILES string of the molecule is NC[C@H]1O[C@H](O[C@H]2[C@H](O[C@@H]3O[C@H](CO)[C@@H](OC4O[C@H](N)[C@@H](O)[C@H](O)[C@H]4N)[C@H]3O)[C@@H](O)[C@H](N)C[C@@H]2N)[C@H](N)[C@@H](O)[C@@H]1O. The van der Waals surface area contributed by atoms with Crippen LogP contribution in [0.25, 0.3) is 0 Å². The summed E-state index contributed by atoms with van der Waals surface area (Å²) in [6.07, 6.45) is -20.4. The van der Waals surface area contributed by atoms with Gasteiger partial charge in [-0.1, -0.05) is 0 Å². The molecule has 1 aliphatic carbocycles. The molecule has 0 aromatic heterocycles. The third-order valence-electron chi connectivity index (χ3n) is 8.08. The van der Waals surface area contributed by atoms with Gasteiger partial charge in [-0.15, -0.1) is 0 Å². The van der Waals surface area contributed by atoms with Gasteiger partial charge in [0.15, 0.2) is 18.9 Å². The van der Waals surface area contributed by atoms with Gasteiger partial charge in [-0.3, -0.25) is 0 Å². The Labute approximate surface area is 235 Å². The summed E-state index contributed by atoms with van der Waals surface area (Å²) in [5.74, 6) is 0. The van der Waals surface area contributed by atoms with Crippen molar-refractivity contribution < 1.29 is 64.2 Å². The fourth-order valence-electron chi connectivity index (χ4n) is 5.50. The van der Waals surface area contributed by atoms with E-state index >= 15 is 0 Å². The summed E-state index contributed by atoms with van der Waals surface area (Å²) in [6, 6.07) is -4.21. The van der Waals surface area contributed by atoms with E-state index in [9.17, 15) is 35.7 Å². The molecule has 3 aliphatic heterocycles. The van der Waals surface area contributed by atoms with E-state index in [0.29, 0.717) is 0 Å². The predicted octanol–water partition coefficient (Wildman–Crippen LogP) is -8.94. The highest BCUT2D eigenvalue weighted by Crippen LogP contribution is 2.34. The summed E-state index contributed by atoms with van der Waals surface area (Å²) in [4.78, 5) is 0. The molecule has 0 amide bonds. The van der Waals surface area contributed by atoms with Gasteiger partial charge in [0.25, 0.3) is 0 Å². The Morgan fingerprint density at radius 3 is 1.71 bits per heavy atom. The van der Waals surface area contributed by atoms with Crippen molar-refractivity contribution >= 4 is 0 Å². The first-order valence-electron chi connectivity index (χ1n) is 13.4. The van der Waals surface area contributed by atoms with Gasteiger partial charge in [-0.2, -0.15) is 0 Å². The number of ether oxygens (including phenoxy) is 6. The third-order valence-corrected chi connectivity index (χ3v) is 8.08.